The fourth-order valence-corrected chi connectivity index (χ4v) is 2.90. The summed E-state index contributed by atoms with van der Waals surface area (Å²) in [5, 5.41) is 0.914. The lowest BCUT2D eigenvalue weighted by atomic mass is 10.4. The lowest BCUT2D eigenvalue weighted by molar-refractivity contribution is 0.112. The number of aryl methyl sites for hydroxylation is 1. The van der Waals surface area contributed by atoms with Crippen molar-refractivity contribution in [3.05, 3.63) is 16.5 Å². The number of aldehydes is 1. The van der Waals surface area contributed by atoms with Gasteiger partial charge in [0.1, 0.15) is 16.0 Å². The molecule has 1 aromatic heterocycles. The lowest BCUT2D eigenvalue weighted by Gasteiger charge is -2.17. The zero-order valence-corrected chi connectivity index (χ0v) is 12.5. The van der Waals surface area contributed by atoms with Crippen molar-refractivity contribution in [1.82, 2.24) is 14.9 Å². The summed E-state index contributed by atoms with van der Waals surface area (Å²) >= 11 is 7.48. The number of hydrogen-bond donors (Lipinski definition) is 0. The predicted molar refractivity (Wildman–Crippen MR) is 75.7 cm³/mol. The van der Waals surface area contributed by atoms with E-state index in [4.69, 9.17) is 11.6 Å². The summed E-state index contributed by atoms with van der Waals surface area (Å²) in [6, 6.07) is 0. The van der Waals surface area contributed by atoms with Crippen molar-refractivity contribution in [3.8, 4) is 0 Å². The van der Waals surface area contributed by atoms with Crippen molar-refractivity contribution >= 4 is 29.6 Å². The van der Waals surface area contributed by atoms with Crippen LogP contribution in [-0.4, -0.2) is 46.5 Å². The van der Waals surface area contributed by atoms with Gasteiger partial charge in [0, 0.05) is 12.3 Å². The molecule has 0 N–H and O–H groups in total. The number of carbonyl (C=O) groups is 1. The quantitative estimate of drug-likeness (QED) is 0.438. The summed E-state index contributed by atoms with van der Waals surface area (Å²) in [6.07, 6.45) is 0.724. The Morgan fingerprint density at radius 3 is 2.56 bits per heavy atom. The first-order valence-corrected chi connectivity index (χ1v) is 7.33. The van der Waals surface area contributed by atoms with Crippen molar-refractivity contribution in [1.29, 1.82) is 0 Å². The van der Waals surface area contributed by atoms with Crippen molar-refractivity contribution in [2.24, 2.45) is 0 Å². The second kappa shape index (κ2) is 7.71. The molecule has 1 heterocycles. The van der Waals surface area contributed by atoms with E-state index in [1.54, 1.807) is 18.7 Å². The molecule has 0 radical (unpaired) electrons. The number of carbonyl (C=O) groups excluding carboxylic acids is 1. The van der Waals surface area contributed by atoms with E-state index < -0.39 is 0 Å². The topological polar surface area (TPSA) is 46.1 Å². The smallest absolute Gasteiger partial charge is 0.155 e. The normalized spacial score (nSPS) is 10.9. The Balaban J connectivity index is 2.69. The van der Waals surface area contributed by atoms with Crippen LogP contribution in [0.2, 0.25) is 5.15 Å². The summed E-state index contributed by atoms with van der Waals surface area (Å²) in [5.41, 5.74) is 0.395. The number of rotatable bonds is 7. The van der Waals surface area contributed by atoms with Gasteiger partial charge in [-0.1, -0.05) is 25.4 Å². The number of hydrogen-bond acceptors (Lipinski definition) is 5. The van der Waals surface area contributed by atoms with Crippen LogP contribution in [-0.2, 0) is 0 Å². The molecule has 0 atom stereocenters. The van der Waals surface area contributed by atoms with E-state index in [0.717, 1.165) is 31.7 Å². The van der Waals surface area contributed by atoms with Crippen LogP contribution < -0.4 is 0 Å². The van der Waals surface area contributed by atoms with E-state index in [0.29, 0.717) is 16.4 Å². The average molecular weight is 288 g/mol. The minimum Gasteiger partial charge on any atom is -0.303 e. The van der Waals surface area contributed by atoms with Crippen LogP contribution in [0.5, 0.6) is 0 Å². The van der Waals surface area contributed by atoms with Gasteiger partial charge in [-0.2, -0.15) is 0 Å². The van der Waals surface area contributed by atoms with E-state index in [-0.39, 0.29) is 5.15 Å². The molecule has 0 aromatic carbocycles. The van der Waals surface area contributed by atoms with Gasteiger partial charge < -0.3 is 4.90 Å². The van der Waals surface area contributed by atoms with E-state index in [1.165, 1.54) is 0 Å². The highest BCUT2D eigenvalue weighted by Crippen LogP contribution is 2.24. The molecule has 4 nitrogen and oxygen atoms in total. The third-order valence-electron chi connectivity index (χ3n) is 2.63. The van der Waals surface area contributed by atoms with Crippen LogP contribution in [0, 0.1) is 6.92 Å². The average Bonchev–Trinajstić information content (AvgIpc) is 2.34. The van der Waals surface area contributed by atoms with Crippen LogP contribution in [0.4, 0.5) is 0 Å². The molecule has 100 valence electrons. The van der Waals surface area contributed by atoms with Crippen LogP contribution in [0.1, 0.15) is 30.0 Å². The summed E-state index contributed by atoms with van der Waals surface area (Å²) in [7, 11) is 0. The maximum absolute atomic E-state index is 11.0. The Hall–Kier alpha value is -0.650. The standard InChI is InChI=1S/C12H18ClN3OS/c1-4-16(5-2)6-7-18-12-10(8-17)11(13)14-9(3)15-12/h8H,4-7H2,1-3H3. The van der Waals surface area contributed by atoms with Crippen molar-refractivity contribution < 1.29 is 4.79 Å². The Morgan fingerprint density at radius 2 is 2.00 bits per heavy atom. The summed E-state index contributed by atoms with van der Waals surface area (Å²) in [6.45, 7) is 9.07. The van der Waals surface area contributed by atoms with Gasteiger partial charge in [-0.05, 0) is 20.0 Å². The molecule has 18 heavy (non-hydrogen) atoms. The zero-order chi connectivity index (χ0) is 13.5. The summed E-state index contributed by atoms with van der Waals surface area (Å²) in [5.74, 6) is 1.48. The third kappa shape index (κ3) is 4.23. The number of nitrogens with zero attached hydrogens (tertiary/aromatic N) is 3. The Kier molecular flexibility index (Phi) is 6.60. The fraction of sp³-hybridized carbons (Fsp3) is 0.583. The largest absolute Gasteiger partial charge is 0.303 e. The molecule has 0 aliphatic rings. The monoisotopic (exact) mass is 287 g/mol. The highest BCUT2D eigenvalue weighted by atomic mass is 35.5. The molecular weight excluding hydrogens is 270 g/mol. The molecule has 0 saturated carbocycles. The molecule has 0 aliphatic carbocycles. The lowest BCUT2D eigenvalue weighted by Crippen LogP contribution is -2.25. The highest BCUT2D eigenvalue weighted by molar-refractivity contribution is 7.99. The molecular formula is C12H18ClN3OS. The molecule has 6 heteroatoms. The minimum atomic E-state index is 0.239. The summed E-state index contributed by atoms with van der Waals surface area (Å²) < 4.78 is 0. The Morgan fingerprint density at radius 1 is 1.33 bits per heavy atom. The maximum Gasteiger partial charge on any atom is 0.155 e. The first-order valence-electron chi connectivity index (χ1n) is 5.96. The maximum atomic E-state index is 11.0. The first-order chi connectivity index (χ1) is 8.62. The van der Waals surface area contributed by atoms with Crippen molar-refractivity contribution in [2.75, 3.05) is 25.4 Å². The Labute approximate surface area is 117 Å². The van der Waals surface area contributed by atoms with Gasteiger partial charge >= 0.3 is 0 Å². The molecule has 1 rings (SSSR count). The summed E-state index contributed by atoms with van der Waals surface area (Å²) in [4.78, 5) is 21.6. The second-order valence-corrected chi connectivity index (χ2v) is 5.22. The van der Waals surface area contributed by atoms with E-state index in [1.807, 2.05) is 0 Å². The van der Waals surface area contributed by atoms with Crippen LogP contribution in [0.25, 0.3) is 0 Å². The minimum absolute atomic E-state index is 0.239. The molecule has 0 fully saturated rings. The number of halogens is 1. The van der Waals surface area contributed by atoms with Crippen LogP contribution in [0.15, 0.2) is 5.03 Å². The van der Waals surface area contributed by atoms with Gasteiger partial charge in [-0.15, -0.1) is 11.8 Å². The van der Waals surface area contributed by atoms with E-state index >= 15 is 0 Å². The van der Waals surface area contributed by atoms with Crippen molar-refractivity contribution in [3.63, 3.8) is 0 Å². The molecule has 0 spiro atoms. The van der Waals surface area contributed by atoms with Gasteiger partial charge in [0.2, 0.25) is 0 Å². The van der Waals surface area contributed by atoms with Crippen molar-refractivity contribution in [2.45, 2.75) is 25.8 Å². The zero-order valence-electron chi connectivity index (χ0n) is 10.9. The third-order valence-corrected chi connectivity index (χ3v) is 3.89. The van der Waals surface area contributed by atoms with Gasteiger partial charge in [0.05, 0.1) is 5.56 Å². The van der Waals surface area contributed by atoms with Gasteiger partial charge in [-0.25, -0.2) is 9.97 Å². The number of thioether (sulfide) groups is 1. The first kappa shape index (κ1) is 15.4. The molecule has 0 saturated heterocycles. The van der Waals surface area contributed by atoms with E-state index in [9.17, 15) is 4.79 Å². The highest BCUT2D eigenvalue weighted by Gasteiger charge is 2.11. The second-order valence-electron chi connectivity index (χ2n) is 3.77. The molecule has 0 unspecified atom stereocenters. The Bertz CT molecular complexity index is 411. The number of aromatic nitrogens is 2. The molecule has 0 amide bonds. The van der Waals surface area contributed by atoms with Gasteiger partial charge in [-0.3, -0.25) is 4.79 Å². The van der Waals surface area contributed by atoms with Crippen LogP contribution >= 0.6 is 23.4 Å². The fourth-order valence-electron chi connectivity index (χ4n) is 1.54. The van der Waals surface area contributed by atoms with Gasteiger partial charge in [0.25, 0.3) is 0 Å². The molecule has 0 aliphatic heterocycles. The molecule has 0 bridgehead atoms. The molecule has 1 aromatic rings. The predicted octanol–water partition coefficient (Wildman–Crippen LogP) is 2.68. The van der Waals surface area contributed by atoms with E-state index in [2.05, 4.69) is 28.7 Å². The van der Waals surface area contributed by atoms with Crippen LogP contribution in [0.3, 0.4) is 0 Å². The SMILES string of the molecule is CCN(CC)CCSc1nc(C)nc(Cl)c1C=O. The van der Waals surface area contributed by atoms with Gasteiger partial charge in [0.15, 0.2) is 6.29 Å².